The maximum Gasteiger partial charge on any atom is 0.248 e. The Morgan fingerprint density at radius 2 is 1.84 bits per heavy atom. The summed E-state index contributed by atoms with van der Waals surface area (Å²) in [5, 5.41) is 3.68. The lowest BCUT2D eigenvalue weighted by Gasteiger charge is -2.12. The van der Waals surface area contributed by atoms with Gasteiger partial charge in [-0.3, -0.25) is 4.79 Å². The van der Waals surface area contributed by atoms with E-state index in [0.29, 0.717) is 23.1 Å². The molecular formula is C26H26ClNO3. The number of carbonyl (C=O) groups excluding carboxylic acids is 1. The van der Waals surface area contributed by atoms with Crippen LogP contribution in [0.2, 0.25) is 5.02 Å². The average Bonchev–Trinajstić information content (AvgIpc) is 2.78. The lowest BCUT2D eigenvalue weighted by molar-refractivity contribution is -0.111. The number of hydrogen-bond donors (Lipinski definition) is 1. The van der Waals surface area contributed by atoms with E-state index in [1.54, 1.807) is 13.2 Å². The van der Waals surface area contributed by atoms with E-state index < -0.39 is 0 Å². The van der Waals surface area contributed by atoms with Gasteiger partial charge in [-0.2, -0.15) is 0 Å². The van der Waals surface area contributed by atoms with E-state index in [0.717, 1.165) is 34.4 Å². The van der Waals surface area contributed by atoms with Crippen molar-refractivity contribution >= 4 is 29.3 Å². The van der Waals surface area contributed by atoms with E-state index >= 15 is 0 Å². The molecule has 4 nitrogen and oxygen atoms in total. The molecule has 160 valence electrons. The maximum atomic E-state index is 12.4. The Morgan fingerprint density at radius 1 is 1.06 bits per heavy atom. The highest BCUT2D eigenvalue weighted by Crippen LogP contribution is 2.29. The number of aryl methyl sites for hydroxylation is 2. The minimum absolute atomic E-state index is 0.175. The highest BCUT2D eigenvalue weighted by Gasteiger charge is 2.08. The Hall–Kier alpha value is -3.24. The summed E-state index contributed by atoms with van der Waals surface area (Å²) >= 11 is 5.92. The largest absolute Gasteiger partial charge is 0.493 e. The van der Waals surface area contributed by atoms with Crippen LogP contribution >= 0.6 is 11.6 Å². The van der Waals surface area contributed by atoms with Crippen LogP contribution in [0.25, 0.3) is 6.08 Å². The monoisotopic (exact) mass is 435 g/mol. The predicted octanol–water partition coefficient (Wildman–Crippen LogP) is 6.45. The van der Waals surface area contributed by atoms with Gasteiger partial charge in [-0.25, -0.2) is 0 Å². The van der Waals surface area contributed by atoms with Gasteiger partial charge in [0.1, 0.15) is 6.61 Å². The summed E-state index contributed by atoms with van der Waals surface area (Å²) in [7, 11) is 1.59. The molecule has 0 spiro atoms. The van der Waals surface area contributed by atoms with Crippen LogP contribution in [-0.2, 0) is 17.8 Å². The minimum atomic E-state index is -0.175. The summed E-state index contributed by atoms with van der Waals surface area (Å²) in [4.78, 5) is 12.4. The first-order chi connectivity index (χ1) is 15.0. The summed E-state index contributed by atoms with van der Waals surface area (Å²) < 4.78 is 11.3. The molecule has 0 aromatic heterocycles. The van der Waals surface area contributed by atoms with Crippen molar-refractivity contribution in [2.75, 3.05) is 12.4 Å². The zero-order chi connectivity index (χ0) is 22.2. The van der Waals surface area contributed by atoms with E-state index in [-0.39, 0.29) is 5.91 Å². The average molecular weight is 436 g/mol. The van der Waals surface area contributed by atoms with Gasteiger partial charge in [0.15, 0.2) is 11.5 Å². The Kier molecular flexibility index (Phi) is 7.74. The molecule has 3 aromatic rings. The number of methoxy groups -OCH3 is 1. The summed E-state index contributed by atoms with van der Waals surface area (Å²) in [6.45, 7) is 4.47. The van der Waals surface area contributed by atoms with E-state index in [4.69, 9.17) is 21.1 Å². The van der Waals surface area contributed by atoms with Crippen molar-refractivity contribution in [3.8, 4) is 11.5 Å². The molecule has 0 radical (unpaired) electrons. The highest BCUT2D eigenvalue weighted by atomic mass is 35.5. The molecule has 0 aliphatic carbocycles. The van der Waals surface area contributed by atoms with Crippen molar-refractivity contribution in [2.45, 2.75) is 26.9 Å². The SMILES string of the molecule is CCc1cccc(C)c1NC(=O)/C=C/c1ccc(OCc2ccc(Cl)cc2)c(OC)c1. The second-order valence-electron chi connectivity index (χ2n) is 7.11. The molecule has 3 rings (SSSR count). The summed E-state index contributed by atoms with van der Waals surface area (Å²) in [6, 6.07) is 19.1. The Morgan fingerprint density at radius 3 is 2.55 bits per heavy atom. The third kappa shape index (κ3) is 6.12. The molecule has 0 bridgehead atoms. The molecular weight excluding hydrogens is 410 g/mol. The quantitative estimate of drug-likeness (QED) is 0.413. The van der Waals surface area contributed by atoms with Gasteiger partial charge in [0.2, 0.25) is 5.91 Å². The Bertz CT molecular complexity index is 1070. The number of rotatable bonds is 8. The van der Waals surface area contributed by atoms with Gasteiger partial charge in [-0.05, 0) is 65.9 Å². The van der Waals surface area contributed by atoms with E-state index in [2.05, 4.69) is 12.2 Å². The number of anilines is 1. The fourth-order valence-electron chi connectivity index (χ4n) is 3.19. The second-order valence-corrected chi connectivity index (χ2v) is 7.55. The van der Waals surface area contributed by atoms with Crippen molar-refractivity contribution in [1.29, 1.82) is 0 Å². The summed E-state index contributed by atoms with van der Waals surface area (Å²) in [5.74, 6) is 1.06. The summed E-state index contributed by atoms with van der Waals surface area (Å²) in [6.07, 6.45) is 4.13. The van der Waals surface area contributed by atoms with E-state index in [9.17, 15) is 4.79 Å². The number of hydrogen-bond acceptors (Lipinski definition) is 3. The van der Waals surface area contributed by atoms with Crippen molar-refractivity contribution in [2.24, 2.45) is 0 Å². The number of amides is 1. The molecule has 0 aliphatic heterocycles. The smallest absolute Gasteiger partial charge is 0.248 e. The fraction of sp³-hybridized carbons (Fsp3) is 0.192. The van der Waals surface area contributed by atoms with Crippen LogP contribution in [0.1, 0.15) is 29.2 Å². The van der Waals surface area contributed by atoms with Crippen LogP contribution in [0.4, 0.5) is 5.69 Å². The van der Waals surface area contributed by atoms with Gasteiger partial charge in [0.25, 0.3) is 0 Å². The molecule has 0 heterocycles. The number of nitrogens with one attached hydrogen (secondary N) is 1. The van der Waals surface area contributed by atoms with Gasteiger partial charge in [-0.15, -0.1) is 0 Å². The van der Waals surface area contributed by atoms with Crippen LogP contribution < -0.4 is 14.8 Å². The Labute approximate surface area is 188 Å². The molecule has 0 fully saturated rings. The van der Waals surface area contributed by atoms with E-state index in [1.807, 2.05) is 67.6 Å². The third-order valence-corrected chi connectivity index (χ3v) is 5.16. The molecule has 1 N–H and O–H groups in total. The molecule has 0 aliphatic rings. The lowest BCUT2D eigenvalue weighted by Crippen LogP contribution is -2.11. The number of benzene rings is 3. The molecule has 0 atom stereocenters. The number of para-hydroxylation sites is 1. The van der Waals surface area contributed by atoms with Crippen molar-refractivity contribution in [3.05, 3.63) is 94.0 Å². The highest BCUT2D eigenvalue weighted by molar-refractivity contribution is 6.30. The lowest BCUT2D eigenvalue weighted by atomic mass is 10.1. The predicted molar refractivity (Wildman–Crippen MR) is 127 cm³/mol. The van der Waals surface area contributed by atoms with Crippen LogP contribution in [0.3, 0.4) is 0 Å². The normalized spacial score (nSPS) is 10.8. The van der Waals surface area contributed by atoms with Gasteiger partial charge in [0.05, 0.1) is 7.11 Å². The topological polar surface area (TPSA) is 47.6 Å². The zero-order valence-electron chi connectivity index (χ0n) is 17.9. The van der Waals surface area contributed by atoms with Gasteiger partial charge in [-0.1, -0.05) is 54.9 Å². The molecule has 0 unspecified atom stereocenters. The molecule has 1 amide bonds. The van der Waals surface area contributed by atoms with Crippen molar-refractivity contribution in [3.63, 3.8) is 0 Å². The minimum Gasteiger partial charge on any atom is -0.493 e. The number of halogens is 1. The molecule has 0 saturated carbocycles. The van der Waals surface area contributed by atoms with E-state index in [1.165, 1.54) is 6.08 Å². The third-order valence-electron chi connectivity index (χ3n) is 4.91. The van der Waals surface area contributed by atoms with Gasteiger partial charge < -0.3 is 14.8 Å². The summed E-state index contributed by atoms with van der Waals surface area (Å²) in [5.41, 5.74) is 4.89. The van der Waals surface area contributed by atoms with Gasteiger partial charge in [0, 0.05) is 16.8 Å². The zero-order valence-corrected chi connectivity index (χ0v) is 18.7. The van der Waals surface area contributed by atoms with Crippen molar-refractivity contribution < 1.29 is 14.3 Å². The van der Waals surface area contributed by atoms with Crippen LogP contribution in [-0.4, -0.2) is 13.0 Å². The molecule has 5 heteroatoms. The van der Waals surface area contributed by atoms with Gasteiger partial charge >= 0.3 is 0 Å². The maximum absolute atomic E-state index is 12.4. The number of carbonyl (C=O) groups is 1. The fourth-order valence-corrected chi connectivity index (χ4v) is 3.31. The van der Waals surface area contributed by atoms with Crippen LogP contribution in [0.5, 0.6) is 11.5 Å². The first-order valence-corrected chi connectivity index (χ1v) is 10.5. The number of ether oxygens (including phenoxy) is 2. The first-order valence-electron chi connectivity index (χ1n) is 10.1. The van der Waals surface area contributed by atoms with Crippen molar-refractivity contribution in [1.82, 2.24) is 0 Å². The van der Waals surface area contributed by atoms with Crippen LogP contribution in [0.15, 0.2) is 66.7 Å². The Balaban J connectivity index is 1.67. The van der Waals surface area contributed by atoms with Crippen LogP contribution in [0, 0.1) is 6.92 Å². The first kappa shape index (κ1) is 22.4. The second kappa shape index (κ2) is 10.7. The molecule has 31 heavy (non-hydrogen) atoms. The standard InChI is InChI=1S/C26H26ClNO3/c1-4-21-7-5-6-18(2)26(21)28-25(29)15-11-19-10-14-23(24(16-19)30-3)31-17-20-8-12-22(27)13-9-20/h5-16H,4,17H2,1-3H3,(H,28,29)/b15-11+. The molecule has 3 aromatic carbocycles. The molecule has 0 saturated heterocycles.